The molecule has 28 heavy (non-hydrogen) atoms. The Bertz CT molecular complexity index is 918. The first-order chi connectivity index (χ1) is 13.7. The lowest BCUT2D eigenvalue weighted by Crippen LogP contribution is -2.44. The normalized spacial score (nSPS) is 16.9. The lowest BCUT2D eigenvalue weighted by atomic mass is 9.97. The average Bonchev–Trinajstić information content (AvgIpc) is 3.26. The molecule has 0 aliphatic carbocycles. The van der Waals surface area contributed by atoms with Crippen molar-refractivity contribution in [3.8, 4) is 11.1 Å². The number of hydrogen-bond acceptors (Lipinski definition) is 3. The molecule has 3 heterocycles. The van der Waals surface area contributed by atoms with Crippen LogP contribution in [0, 0.1) is 6.92 Å². The second-order valence-electron chi connectivity index (χ2n) is 7.47. The van der Waals surface area contributed by atoms with Crippen molar-refractivity contribution in [2.24, 2.45) is 0 Å². The van der Waals surface area contributed by atoms with E-state index in [0.29, 0.717) is 0 Å². The van der Waals surface area contributed by atoms with Gasteiger partial charge in [-0.2, -0.15) is 5.10 Å². The zero-order chi connectivity index (χ0) is 19.3. The lowest BCUT2D eigenvalue weighted by Gasteiger charge is -2.36. The van der Waals surface area contributed by atoms with E-state index in [1.54, 1.807) is 12.4 Å². The number of carbonyl (C=O) groups excluding carboxylic acids is 1. The minimum atomic E-state index is 0.142. The summed E-state index contributed by atoms with van der Waals surface area (Å²) >= 11 is 0. The maximum absolute atomic E-state index is 13.2. The first-order valence-corrected chi connectivity index (χ1v) is 10.0. The van der Waals surface area contributed by atoms with Gasteiger partial charge >= 0.3 is 0 Å². The van der Waals surface area contributed by atoms with Crippen molar-refractivity contribution in [2.75, 3.05) is 6.54 Å². The van der Waals surface area contributed by atoms with Gasteiger partial charge in [-0.25, -0.2) is 0 Å². The first kappa shape index (κ1) is 18.4. The van der Waals surface area contributed by atoms with Crippen LogP contribution in [0.3, 0.4) is 0 Å². The predicted octanol–water partition coefficient (Wildman–Crippen LogP) is 4.34. The molecular formula is C23H26N4O. The van der Waals surface area contributed by atoms with Crippen molar-refractivity contribution in [1.29, 1.82) is 0 Å². The molecule has 1 amide bonds. The number of likely N-dealkylation sites (tertiary alicyclic amines) is 1. The third kappa shape index (κ3) is 3.98. The Labute approximate surface area is 166 Å². The molecule has 0 unspecified atom stereocenters. The van der Waals surface area contributed by atoms with E-state index in [1.165, 1.54) is 6.42 Å². The molecule has 0 radical (unpaired) electrons. The Morgan fingerprint density at radius 1 is 1.14 bits per heavy atom. The Kier molecular flexibility index (Phi) is 5.51. The monoisotopic (exact) mass is 374 g/mol. The highest BCUT2D eigenvalue weighted by Crippen LogP contribution is 2.25. The Morgan fingerprint density at radius 2 is 2.00 bits per heavy atom. The van der Waals surface area contributed by atoms with Crippen molar-refractivity contribution in [3.05, 3.63) is 72.3 Å². The molecule has 144 valence electrons. The van der Waals surface area contributed by atoms with E-state index < -0.39 is 0 Å². The smallest absolute Gasteiger partial charge is 0.254 e. The highest BCUT2D eigenvalue weighted by Gasteiger charge is 2.27. The number of pyridine rings is 1. The maximum atomic E-state index is 13.2. The average molecular weight is 374 g/mol. The van der Waals surface area contributed by atoms with Gasteiger partial charge in [0.25, 0.3) is 5.91 Å². The van der Waals surface area contributed by atoms with Gasteiger partial charge in [0.1, 0.15) is 0 Å². The van der Waals surface area contributed by atoms with Crippen LogP contribution >= 0.6 is 0 Å². The number of nitrogens with zero attached hydrogens (tertiary/aromatic N) is 4. The SMILES string of the molecule is Cc1cnccc1-c1ccc(C(=O)N2CCCC[C@@H]2CCn2cccn2)cc1. The highest BCUT2D eigenvalue weighted by atomic mass is 16.2. The number of rotatable bonds is 5. The third-order valence-corrected chi connectivity index (χ3v) is 5.60. The number of aromatic nitrogens is 3. The molecule has 0 saturated carbocycles. The Hall–Kier alpha value is -2.95. The third-order valence-electron chi connectivity index (χ3n) is 5.60. The molecule has 0 bridgehead atoms. The van der Waals surface area contributed by atoms with Crippen LogP contribution in [-0.4, -0.2) is 38.2 Å². The van der Waals surface area contributed by atoms with Gasteiger partial charge in [-0.05, 0) is 73.6 Å². The van der Waals surface area contributed by atoms with E-state index in [2.05, 4.69) is 21.9 Å². The van der Waals surface area contributed by atoms with Crippen molar-refractivity contribution in [3.63, 3.8) is 0 Å². The fourth-order valence-electron chi connectivity index (χ4n) is 4.04. The van der Waals surface area contributed by atoms with E-state index >= 15 is 0 Å². The van der Waals surface area contributed by atoms with Crippen LogP contribution in [0.2, 0.25) is 0 Å². The van der Waals surface area contributed by atoms with Crippen LogP contribution in [0.25, 0.3) is 11.1 Å². The zero-order valence-electron chi connectivity index (χ0n) is 16.3. The molecule has 0 spiro atoms. The molecular weight excluding hydrogens is 348 g/mol. The van der Waals surface area contributed by atoms with Crippen LogP contribution < -0.4 is 0 Å². The summed E-state index contributed by atoms with van der Waals surface area (Å²) in [5.74, 6) is 0.142. The number of hydrogen-bond donors (Lipinski definition) is 0. The predicted molar refractivity (Wildman–Crippen MR) is 110 cm³/mol. The van der Waals surface area contributed by atoms with E-state index in [-0.39, 0.29) is 11.9 Å². The van der Waals surface area contributed by atoms with Gasteiger partial charge in [0, 0.05) is 49.5 Å². The van der Waals surface area contributed by atoms with Crippen molar-refractivity contribution < 1.29 is 4.79 Å². The van der Waals surface area contributed by atoms with Gasteiger partial charge in [-0.3, -0.25) is 14.5 Å². The van der Waals surface area contributed by atoms with Gasteiger partial charge in [-0.1, -0.05) is 12.1 Å². The molecule has 4 rings (SSSR count). The number of amides is 1. The molecule has 1 aliphatic heterocycles. The molecule has 5 heteroatoms. The number of carbonyl (C=O) groups is 1. The first-order valence-electron chi connectivity index (χ1n) is 10.0. The van der Waals surface area contributed by atoms with E-state index in [4.69, 9.17) is 0 Å². The van der Waals surface area contributed by atoms with Gasteiger partial charge < -0.3 is 4.90 Å². The summed E-state index contributed by atoms with van der Waals surface area (Å²) < 4.78 is 1.95. The van der Waals surface area contributed by atoms with Gasteiger partial charge in [-0.15, -0.1) is 0 Å². The van der Waals surface area contributed by atoms with Crippen molar-refractivity contribution in [1.82, 2.24) is 19.7 Å². The summed E-state index contributed by atoms with van der Waals surface area (Å²) in [4.78, 5) is 19.4. The fraction of sp³-hybridized carbons (Fsp3) is 0.348. The molecule has 1 fully saturated rings. The summed E-state index contributed by atoms with van der Waals surface area (Å²) in [5, 5.41) is 4.28. The second kappa shape index (κ2) is 8.38. The van der Waals surface area contributed by atoms with Crippen molar-refractivity contribution in [2.45, 2.75) is 45.2 Å². The highest BCUT2D eigenvalue weighted by molar-refractivity contribution is 5.95. The standard InChI is InChI=1S/C23H26N4O/c1-18-17-24-13-10-22(18)19-6-8-20(9-7-19)23(28)27-15-3-2-5-21(27)11-16-26-14-4-12-25-26/h4,6-10,12-14,17,21H,2-3,5,11,15-16H2,1H3/t21-/m1/s1. The van der Waals surface area contributed by atoms with Crippen LogP contribution in [-0.2, 0) is 6.54 Å². The fourth-order valence-corrected chi connectivity index (χ4v) is 4.04. The summed E-state index contributed by atoms with van der Waals surface area (Å²) in [6, 6.07) is 12.2. The maximum Gasteiger partial charge on any atom is 0.254 e. The van der Waals surface area contributed by atoms with Crippen LogP contribution in [0.1, 0.15) is 41.6 Å². The van der Waals surface area contributed by atoms with Crippen molar-refractivity contribution >= 4 is 5.91 Å². The quantitative estimate of drug-likeness (QED) is 0.668. The minimum Gasteiger partial charge on any atom is -0.336 e. The summed E-state index contributed by atoms with van der Waals surface area (Å²) in [6.45, 7) is 3.74. The zero-order valence-corrected chi connectivity index (χ0v) is 16.3. The minimum absolute atomic E-state index is 0.142. The summed E-state index contributed by atoms with van der Waals surface area (Å²) in [5.41, 5.74) is 4.17. The number of piperidine rings is 1. The van der Waals surface area contributed by atoms with Crippen LogP contribution in [0.5, 0.6) is 0 Å². The van der Waals surface area contributed by atoms with Gasteiger partial charge in [0.2, 0.25) is 0 Å². The Balaban J connectivity index is 1.48. The summed E-state index contributed by atoms with van der Waals surface area (Å²) in [6.07, 6.45) is 11.7. The molecule has 1 aliphatic rings. The Morgan fingerprint density at radius 3 is 2.75 bits per heavy atom. The molecule has 3 aromatic rings. The van der Waals surface area contributed by atoms with Crippen LogP contribution in [0.15, 0.2) is 61.2 Å². The molecule has 1 saturated heterocycles. The molecule has 0 N–H and O–H groups in total. The number of benzene rings is 1. The van der Waals surface area contributed by atoms with E-state index in [9.17, 15) is 4.79 Å². The van der Waals surface area contributed by atoms with E-state index in [0.717, 1.165) is 54.6 Å². The van der Waals surface area contributed by atoms with E-state index in [1.807, 2.05) is 53.5 Å². The van der Waals surface area contributed by atoms with Gasteiger partial charge in [0.05, 0.1) is 0 Å². The second-order valence-corrected chi connectivity index (χ2v) is 7.47. The van der Waals surface area contributed by atoms with Gasteiger partial charge in [0.15, 0.2) is 0 Å². The van der Waals surface area contributed by atoms with Crippen LogP contribution in [0.4, 0.5) is 0 Å². The number of aryl methyl sites for hydroxylation is 2. The molecule has 5 nitrogen and oxygen atoms in total. The molecule has 1 aromatic carbocycles. The topological polar surface area (TPSA) is 51.0 Å². The largest absolute Gasteiger partial charge is 0.336 e. The molecule has 2 aromatic heterocycles. The summed E-state index contributed by atoms with van der Waals surface area (Å²) in [7, 11) is 0. The molecule has 1 atom stereocenters. The lowest BCUT2D eigenvalue weighted by molar-refractivity contribution is 0.0594.